The van der Waals surface area contributed by atoms with Gasteiger partial charge in [-0.3, -0.25) is 4.98 Å². The van der Waals surface area contributed by atoms with Crippen LogP contribution < -0.4 is 10.1 Å². The van der Waals surface area contributed by atoms with Crippen molar-refractivity contribution in [2.45, 2.75) is 26.8 Å². The van der Waals surface area contributed by atoms with E-state index in [-0.39, 0.29) is 0 Å². The minimum Gasteiger partial charge on any atom is -0.456 e. The van der Waals surface area contributed by atoms with E-state index >= 15 is 0 Å². The lowest BCUT2D eigenvalue weighted by Gasteiger charge is -2.09. The van der Waals surface area contributed by atoms with E-state index in [1.165, 1.54) is 0 Å². The van der Waals surface area contributed by atoms with Crippen molar-refractivity contribution in [2.75, 3.05) is 6.54 Å². The van der Waals surface area contributed by atoms with Crippen molar-refractivity contribution < 1.29 is 4.74 Å². The van der Waals surface area contributed by atoms with Crippen LogP contribution in [0.15, 0.2) is 36.7 Å². The first-order chi connectivity index (χ1) is 9.69. The third-order valence-electron chi connectivity index (χ3n) is 2.89. The van der Waals surface area contributed by atoms with E-state index in [0.717, 1.165) is 47.2 Å². The molecule has 0 unspecified atom stereocenters. The van der Waals surface area contributed by atoms with E-state index in [2.05, 4.69) is 17.2 Å². The highest BCUT2D eigenvalue weighted by molar-refractivity contribution is 6.31. The number of nitrogens with one attached hydrogen (secondary N) is 1. The Balaban J connectivity index is 2.05. The van der Waals surface area contributed by atoms with E-state index in [1.807, 2.05) is 37.4 Å². The van der Waals surface area contributed by atoms with E-state index in [0.29, 0.717) is 0 Å². The molecule has 0 amide bonds. The average Bonchev–Trinajstić information content (AvgIpc) is 2.44. The number of benzene rings is 1. The first kappa shape index (κ1) is 14.8. The number of ether oxygens (including phenoxy) is 1. The van der Waals surface area contributed by atoms with Gasteiger partial charge in [-0.15, -0.1) is 0 Å². The van der Waals surface area contributed by atoms with Crippen LogP contribution in [0.2, 0.25) is 5.02 Å². The van der Waals surface area contributed by atoms with Gasteiger partial charge in [0.05, 0.1) is 6.20 Å². The van der Waals surface area contributed by atoms with Gasteiger partial charge < -0.3 is 10.1 Å². The molecule has 0 fully saturated rings. The van der Waals surface area contributed by atoms with Gasteiger partial charge in [0.25, 0.3) is 0 Å². The number of halogens is 1. The van der Waals surface area contributed by atoms with Crippen molar-refractivity contribution in [1.29, 1.82) is 0 Å². The molecule has 0 aliphatic heterocycles. The molecular weight excluding hydrogens is 272 g/mol. The summed E-state index contributed by atoms with van der Waals surface area (Å²) in [7, 11) is 0. The molecule has 0 atom stereocenters. The molecule has 0 saturated carbocycles. The van der Waals surface area contributed by atoms with E-state index < -0.39 is 0 Å². The van der Waals surface area contributed by atoms with E-state index in [9.17, 15) is 0 Å². The summed E-state index contributed by atoms with van der Waals surface area (Å²) in [6.45, 7) is 5.91. The molecule has 0 spiro atoms. The van der Waals surface area contributed by atoms with Crippen LogP contribution in [-0.2, 0) is 6.54 Å². The Kier molecular flexibility index (Phi) is 5.39. The fourth-order valence-corrected chi connectivity index (χ4v) is 1.96. The predicted octanol–water partition coefficient (Wildman–Crippen LogP) is 4.34. The molecule has 1 heterocycles. The summed E-state index contributed by atoms with van der Waals surface area (Å²) in [6.07, 6.45) is 4.68. The Morgan fingerprint density at radius 2 is 2.05 bits per heavy atom. The Morgan fingerprint density at radius 3 is 2.80 bits per heavy atom. The van der Waals surface area contributed by atoms with Crippen LogP contribution in [-0.4, -0.2) is 11.5 Å². The maximum Gasteiger partial charge on any atom is 0.146 e. The maximum atomic E-state index is 6.00. The molecule has 20 heavy (non-hydrogen) atoms. The fraction of sp³-hybridized carbons (Fsp3) is 0.312. The van der Waals surface area contributed by atoms with Gasteiger partial charge in [0.2, 0.25) is 0 Å². The molecule has 0 aliphatic carbocycles. The minimum absolute atomic E-state index is 0.738. The van der Waals surface area contributed by atoms with Gasteiger partial charge in [0, 0.05) is 17.8 Å². The van der Waals surface area contributed by atoms with Crippen molar-refractivity contribution in [1.82, 2.24) is 10.3 Å². The Labute approximate surface area is 124 Å². The molecule has 3 nitrogen and oxygen atoms in total. The molecule has 1 aromatic heterocycles. The average molecular weight is 291 g/mol. The number of rotatable bonds is 6. The second kappa shape index (κ2) is 7.27. The van der Waals surface area contributed by atoms with Gasteiger partial charge in [0.1, 0.15) is 11.5 Å². The SMILES string of the molecule is CCCNCc1cncc(Oc2ccc(Cl)c(C)c2)c1. The Hall–Kier alpha value is -1.58. The number of hydrogen-bond donors (Lipinski definition) is 1. The van der Waals surface area contributed by atoms with Gasteiger partial charge in [-0.25, -0.2) is 0 Å². The van der Waals surface area contributed by atoms with Gasteiger partial charge in [-0.2, -0.15) is 0 Å². The zero-order chi connectivity index (χ0) is 14.4. The summed E-state index contributed by atoms with van der Waals surface area (Å²) in [5, 5.41) is 4.09. The standard InChI is InChI=1S/C16H19ClN2O/c1-3-6-18-9-13-8-15(11-19-10-13)20-14-4-5-16(17)12(2)7-14/h4-5,7-8,10-11,18H,3,6,9H2,1-2H3. The smallest absolute Gasteiger partial charge is 0.146 e. The van der Waals surface area contributed by atoms with Gasteiger partial charge in [-0.1, -0.05) is 18.5 Å². The molecule has 0 radical (unpaired) electrons. The third kappa shape index (κ3) is 4.22. The third-order valence-corrected chi connectivity index (χ3v) is 3.31. The van der Waals surface area contributed by atoms with E-state index in [4.69, 9.17) is 16.3 Å². The second-order valence-corrected chi connectivity index (χ2v) is 5.13. The maximum absolute atomic E-state index is 6.00. The van der Waals surface area contributed by atoms with Crippen LogP contribution in [0, 0.1) is 6.92 Å². The Morgan fingerprint density at radius 1 is 1.20 bits per heavy atom. The summed E-state index contributed by atoms with van der Waals surface area (Å²) >= 11 is 6.00. The highest BCUT2D eigenvalue weighted by Crippen LogP contribution is 2.25. The molecule has 0 saturated heterocycles. The lowest BCUT2D eigenvalue weighted by molar-refractivity contribution is 0.478. The van der Waals surface area contributed by atoms with Crippen LogP contribution >= 0.6 is 11.6 Å². The highest BCUT2D eigenvalue weighted by Gasteiger charge is 2.02. The summed E-state index contributed by atoms with van der Waals surface area (Å²) in [4.78, 5) is 4.21. The zero-order valence-corrected chi connectivity index (χ0v) is 12.6. The number of nitrogens with zero attached hydrogens (tertiary/aromatic N) is 1. The molecular formula is C16H19ClN2O. The lowest BCUT2D eigenvalue weighted by Crippen LogP contribution is -2.13. The zero-order valence-electron chi connectivity index (χ0n) is 11.8. The lowest BCUT2D eigenvalue weighted by atomic mass is 10.2. The molecule has 2 aromatic rings. The van der Waals surface area contributed by atoms with Gasteiger partial charge in [0.15, 0.2) is 0 Å². The normalized spacial score (nSPS) is 10.6. The van der Waals surface area contributed by atoms with E-state index in [1.54, 1.807) is 6.20 Å². The molecule has 4 heteroatoms. The van der Waals surface area contributed by atoms with Crippen LogP contribution in [0.1, 0.15) is 24.5 Å². The molecule has 106 valence electrons. The number of aromatic nitrogens is 1. The monoisotopic (exact) mass is 290 g/mol. The van der Waals surface area contributed by atoms with Gasteiger partial charge >= 0.3 is 0 Å². The minimum atomic E-state index is 0.738. The van der Waals surface area contributed by atoms with Gasteiger partial charge in [-0.05, 0) is 55.3 Å². The van der Waals surface area contributed by atoms with Crippen molar-refractivity contribution in [3.63, 3.8) is 0 Å². The largest absolute Gasteiger partial charge is 0.456 e. The topological polar surface area (TPSA) is 34.2 Å². The number of pyridine rings is 1. The second-order valence-electron chi connectivity index (χ2n) is 4.72. The molecule has 1 aromatic carbocycles. The molecule has 2 rings (SSSR count). The van der Waals surface area contributed by atoms with Crippen LogP contribution in [0.5, 0.6) is 11.5 Å². The van der Waals surface area contributed by atoms with Crippen LogP contribution in [0.25, 0.3) is 0 Å². The fourth-order valence-electron chi connectivity index (χ4n) is 1.84. The van der Waals surface area contributed by atoms with Crippen molar-refractivity contribution in [3.05, 3.63) is 52.8 Å². The Bertz CT molecular complexity index is 572. The predicted molar refractivity (Wildman–Crippen MR) is 82.5 cm³/mol. The number of hydrogen-bond acceptors (Lipinski definition) is 3. The van der Waals surface area contributed by atoms with Crippen molar-refractivity contribution >= 4 is 11.6 Å². The molecule has 0 bridgehead atoms. The summed E-state index contributed by atoms with van der Waals surface area (Å²) in [5.41, 5.74) is 2.11. The highest BCUT2D eigenvalue weighted by atomic mass is 35.5. The van der Waals surface area contributed by atoms with Crippen molar-refractivity contribution in [3.8, 4) is 11.5 Å². The van der Waals surface area contributed by atoms with Crippen molar-refractivity contribution in [2.24, 2.45) is 0 Å². The summed E-state index contributed by atoms with van der Waals surface area (Å²) < 4.78 is 5.81. The number of aryl methyl sites for hydroxylation is 1. The first-order valence-electron chi connectivity index (χ1n) is 6.77. The quantitative estimate of drug-likeness (QED) is 0.804. The summed E-state index contributed by atoms with van der Waals surface area (Å²) in [5.74, 6) is 1.51. The molecule has 1 N–H and O–H groups in total. The molecule has 0 aliphatic rings. The summed E-state index contributed by atoms with van der Waals surface area (Å²) in [6, 6.07) is 7.62. The van der Waals surface area contributed by atoms with Crippen LogP contribution in [0.3, 0.4) is 0 Å². The van der Waals surface area contributed by atoms with Crippen LogP contribution in [0.4, 0.5) is 0 Å². The first-order valence-corrected chi connectivity index (χ1v) is 7.15.